The molecule has 152 valence electrons. The number of piperidine rings is 1. The number of nitrogens with zero attached hydrogens (tertiary/aromatic N) is 2. The number of guanidine groups is 1. The normalized spacial score (nSPS) is 17.2. The molecule has 0 aliphatic carbocycles. The topological polar surface area (TPSA) is 56.7 Å². The molecule has 1 fully saturated rings. The molecule has 0 radical (unpaired) electrons. The Bertz CT molecular complexity index is 575. The Morgan fingerprint density at radius 3 is 2.56 bits per heavy atom. The lowest BCUT2D eigenvalue weighted by molar-refractivity contribution is -0.136. The van der Waals surface area contributed by atoms with Crippen LogP contribution >= 0.6 is 11.3 Å². The van der Waals surface area contributed by atoms with Crippen molar-refractivity contribution in [3.8, 4) is 0 Å². The monoisotopic (exact) mass is 392 g/mol. The molecule has 5 nitrogen and oxygen atoms in total. The van der Waals surface area contributed by atoms with Gasteiger partial charge < -0.3 is 15.5 Å². The Balaban J connectivity index is 1.85. The summed E-state index contributed by atoms with van der Waals surface area (Å²) in [5.41, 5.74) is 0. The molecule has 6 heteroatoms. The summed E-state index contributed by atoms with van der Waals surface area (Å²) in [6, 6.07) is 4.66. The van der Waals surface area contributed by atoms with E-state index in [1.54, 1.807) is 11.3 Å². The number of thiophene rings is 1. The first-order valence-electron chi connectivity index (χ1n) is 10.5. The highest BCUT2D eigenvalue weighted by Gasteiger charge is 2.26. The van der Waals surface area contributed by atoms with Crippen molar-refractivity contribution >= 4 is 23.2 Å². The molecule has 1 amide bonds. The van der Waals surface area contributed by atoms with Gasteiger partial charge in [-0.15, -0.1) is 11.3 Å². The van der Waals surface area contributed by atoms with Gasteiger partial charge in [-0.05, 0) is 44.1 Å². The summed E-state index contributed by atoms with van der Waals surface area (Å²) in [5.74, 6) is 1.85. The molecule has 1 aromatic rings. The van der Waals surface area contributed by atoms with Gasteiger partial charge in [0.15, 0.2) is 5.96 Å². The molecule has 1 unspecified atom stereocenters. The van der Waals surface area contributed by atoms with Crippen LogP contribution in [0.3, 0.4) is 0 Å². The average Bonchev–Trinajstić information content (AvgIpc) is 3.22. The fraction of sp³-hybridized carbons (Fsp3) is 0.714. The molecule has 1 saturated heterocycles. The van der Waals surface area contributed by atoms with Gasteiger partial charge in [0.25, 0.3) is 0 Å². The van der Waals surface area contributed by atoms with E-state index in [0.29, 0.717) is 17.9 Å². The first-order chi connectivity index (χ1) is 13.1. The van der Waals surface area contributed by atoms with Crippen LogP contribution in [0.4, 0.5) is 0 Å². The average molecular weight is 393 g/mol. The summed E-state index contributed by atoms with van der Waals surface area (Å²) >= 11 is 1.79. The van der Waals surface area contributed by atoms with Gasteiger partial charge in [0.2, 0.25) is 5.91 Å². The van der Waals surface area contributed by atoms with Gasteiger partial charge in [-0.3, -0.25) is 9.79 Å². The highest BCUT2D eigenvalue weighted by Crippen LogP contribution is 2.21. The number of carbonyl (C=O) groups is 1. The van der Waals surface area contributed by atoms with E-state index in [-0.39, 0.29) is 5.92 Å². The van der Waals surface area contributed by atoms with Gasteiger partial charge in [0, 0.05) is 42.4 Å². The first-order valence-corrected chi connectivity index (χ1v) is 11.3. The van der Waals surface area contributed by atoms with Crippen molar-refractivity contribution in [2.45, 2.75) is 65.3 Å². The molecule has 1 aliphatic heterocycles. The summed E-state index contributed by atoms with van der Waals surface area (Å²) in [5, 5.41) is 9.06. The highest BCUT2D eigenvalue weighted by atomic mass is 32.1. The van der Waals surface area contributed by atoms with E-state index in [0.717, 1.165) is 57.8 Å². The van der Waals surface area contributed by atoms with Crippen molar-refractivity contribution in [2.24, 2.45) is 10.9 Å². The molecule has 2 heterocycles. The number of hydrogen-bond donors (Lipinski definition) is 2. The summed E-state index contributed by atoms with van der Waals surface area (Å²) in [6.45, 7) is 11.9. The maximum Gasteiger partial charge on any atom is 0.225 e. The van der Waals surface area contributed by atoms with Crippen molar-refractivity contribution in [1.29, 1.82) is 0 Å². The Morgan fingerprint density at radius 1 is 1.30 bits per heavy atom. The number of amides is 1. The summed E-state index contributed by atoms with van der Waals surface area (Å²) in [6.07, 6.45) is 3.84. The smallest absolute Gasteiger partial charge is 0.225 e. The van der Waals surface area contributed by atoms with Crippen molar-refractivity contribution < 1.29 is 4.79 Å². The summed E-state index contributed by atoms with van der Waals surface area (Å²) in [7, 11) is 0. The molecular formula is C21H36N4OS. The van der Waals surface area contributed by atoms with Crippen LogP contribution in [-0.2, 0) is 4.79 Å². The number of hydrogen-bond acceptors (Lipinski definition) is 3. The van der Waals surface area contributed by atoms with Crippen molar-refractivity contribution in [3.63, 3.8) is 0 Å². The quantitative estimate of drug-likeness (QED) is 0.522. The minimum Gasteiger partial charge on any atom is -0.357 e. The lowest BCUT2D eigenvalue weighted by atomic mass is 9.98. The van der Waals surface area contributed by atoms with Crippen LogP contribution in [0.25, 0.3) is 0 Å². The van der Waals surface area contributed by atoms with Gasteiger partial charge >= 0.3 is 0 Å². The Morgan fingerprint density at radius 2 is 2.00 bits per heavy atom. The zero-order chi connectivity index (χ0) is 19.6. The number of aliphatic imine (C=N–C) groups is 1. The molecule has 0 bridgehead atoms. The summed E-state index contributed by atoms with van der Waals surface area (Å²) < 4.78 is 0. The molecule has 1 aromatic heterocycles. The van der Waals surface area contributed by atoms with Gasteiger partial charge in [-0.2, -0.15) is 0 Å². The van der Waals surface area contributed by atoms with Crippen LogP contribution in [-0.4, -0.2) is 49.0 Å². The van der Waals surface area contributed by atoms with E-state index in [4.69, 9.17) is 4.99 Å². The molecule has 1 aliphatic rings. The van der Waals surface area contributed by atoms with Gasteiger partial charge in [0.05, 0.1) is 6.54 Å². The van der Waals surface area contributed by atoms with Crippen molar-refractivity contribution in [1.82, 2.24) is 15.5 Å². The van der Waals surface area contributed by atoms with E-state index in [2.05, 4.69) is 60.7 Å². The molecule has 27 heavy (non-hydrogen) atoms. The molecule has 2 rings (SSSR count). The predicted molar refractivity (Wildman–Crippen MR) is 116 cm³/mol. The molecule has 2 N–H and O–H groups in total. The van der Waals surface area contributed by atoms with E-state index in [1.165, 1.54) is 4.88 Å². The van der Waals surface area contributed by atoms with Crippen LogP contribution < -0.4 is 10.6 Å². The maximum absolute atomic E-state index is 12.6. The van der Waals surface area contributed by atoms with E-state index >= 15 is 0 Å². The van der Waals surface area contributed by atoms with E-state index in [9.17, 15) is 4.79 Å². The van der Waals surface area contributed by atoms with Crippen LogP contribution in [0.15, 0.2) is 22.5 Å². The number of nitrogens with one attached hydrogen (secondary N) is 2. The van der Waals surface area contributed by atoms with Gasteiger partial charge in [-0.1, -0.05) is 26.8 Å². The molecular weight excluding hydrogens is 356 g/mol. The Labute approximate surface area is 168 Å². The van der Waals surface area contributed by atoms with E-state index in [1.807, 2.05) is 0 Å². The molecule has 0 aromatic carbocycles. The fourth-order valence-corrected chi connectivity index (χ4v) is 4.32. The third-order valence-corrected chi connectivity index (χ3v) is 6.48. The van der Waals surface area contributed by atoms with E-state index < -0.39 is 0 Å². The second-order valence-corrected chi connectivity index (χ2v) is 8.37. The van der Waals surface area contributed by atoms with Crippen molar-refractivity contribution in [2.75, 3.05) is 26.2 Å². The minimum absolute atomic E-state index is 0.187. The fourth-order valence-electron chi connectivity index (χ4n) is 3.54. The van der Waals surface area contributed by atoms with Crippen LogP contribution in [0.1, 0.15) is 64.2 Å². The predicted octanol–water partition coefficient (Wildman–Crippen LogP) is 3.83. The van der Waals surface area contributed by atoms with Crippen LogP contribution in [0.2, 0.25) is 0 Å². The zero-order valence-electron chi connectivity index (χ0n) is 17.3. The maximum atomic E-state index is 12.6. The number of rotatable bonds is 8. The summed E-state index contributed by atoms with van der Waals surface area (Å²) in [4.78, 5) is 20.8. The number of likely N-dealkylation sites (tertiary alicyclic amines) is 1. The van der Waals surface area contributed by atoms with Crippen molar-refractivity contribution in [3.05, 3.63) is 22.4 Å². The second kappa shape index (κ2) is 11.3. The SMILES string of the molecule is CCNC(=NCC(C)c1cccs1)NC1CCN(C(=O)C(CC)CC)CC1. The van der Waals surface area contributed by atoms with Crippen LogP contribution in [0, 0.1) is 5.92 Å². The third-order valence-electron chi connectivity index (χ3n) is 5.38. The first kappa shape index (κ1) is 21.7. The van der Waals surface area contributed by atoms with Crippen LogP contribution in [0.5, 0.6) is 0 Å². The zero-order valence-corrected chi connectivity index (χ0v) is 18.1. The minimum atomic E-state index is 0.187. The molecule has 0 saturated carbocycles. The molecule has 0 spiro atoms. The Hall–Kier alpha value is -1.56. The van der Waals surface area contributed by atoms with Gasteiger partial charge in [-0.25, -0.2) is 0 Å². The standard InChI is InChI=1S/C21H36N4OS/c1-5-17(6-2)20(26)25-12-10-18(11-13-25)24-21(22-7-3)23-15-16(4)19-9-8-14-27-19/h8-9,14,16-18H,5-7,10-13,15H2,1-4H3,(H2,22,23,24). The largest absolute Gasteiger partial charge is 0.357 e. The third kappa shape index (κ3) is 6.52. The highest BCUT2D eigenvalue weighted by molar-refractivity contribution is 7.10. The Kier molecular flexibility index (Phi) is 9.11. The lowest BCUT2D eigenvalue weighted by Gasteiger charge is -2.35. The lowest BCUT2D eigenvalue weighted by Crippen LogP contribution is -2.50. The molecule has 1 atom stereocenters. The number of carbonyl (C=O) groups excluding carboxylic acids is 1. The van der Waals surface area contributed by atoms with Gasteiger partial charge in [0.1, 0.15) is 0 Å². The second-order valence-electron chi connectivity index (χ2n) is 7.39.